The molecule has 6 heteroatoms. The molecule has 0 bridgehead atoms. The number of amides is 1. The summed E-state index contributed by atoms with van der Waals surface area (Å²) < 4.78 is 14.0. The van der Waals surface area contributed by atoms with Crippen LogP contribution in [-0.2, 0) is 0 Å². The Kier molecular flexibility index (Phi) is 4.17. The van der Waals surface area contributed by atoms with Crippen molar-refractivity contribution < 1.29 is 9.18 Å². The number of hydrogen-bond donors (Lipinski definition) is 1. The zero-order chi connectivity index (χ0) is 14.0. The van der Waals surface area contributed by atoms with Crippen LogP contribution in [0.15, 0.2) is 34.8 Å². The molecule has 1 aromatic carbocycles. The fourth-order valence-electron chi connectivity index (χ4n) is 1.53. The zero-order valence-electron chi connectivity index (χ0n) is 9.88. The number of nitrogens with one attached hydrogen (secondary N) is 1. The van der Waals surface area contributed by atoms with Gasteiger partial charge in [0.05, 0.1) is 21.4 Å². The molecule has 3 nitrogen and oxygen atoms in total. The second-order valence-corrected chi connectivity index (χ2v) is 5.06. The SMILES string of the molecule is Cc1nc(Cl)ccc1NC(=O)c1cccc(Br)c1F. The maximum atomic E-state index is 13.8. The Bertz CT molecular complexity index is 649. The summed E-state index contributed by atoms with van der Waals surface area (Å²) in [4.78, 5) is 16.0. The highest BCUT2D eigenvalue weighted by Crippen LogP contribution is 2.21. The quantitative estimate of drug-likeness (QED) is 0.831. The topological polar surface area (TPSA) is 42.0 Å². The average Bonchev–Trinajstić information content (AvgIpc) is 2.36. The third kappa shape index (κ3) is 3.11. The van der Waals surface area contributed by atoms with Crippen LogP contribution in [-0.4, -0.2) is 10.9 Å². The van der Waals surface area contributed by atoms with Gasteiger partial charge >= 0.3 is 0 Å². The molecule has 0 fully saturated rings. The summed E-state index contributed by atoms with van der Waals surface area (Å²) in [5.74, 6) is -1.13. The molecule has 2 aromatic rings. The Hall–Kier alpha value is -1.46. The van der Waals surface area contributed by atoms with Gasteiger partial charge in [-0.15, -0.1) is 0 Å². The Morgan fingerprint density at radius 3 is 2.79 bits per heavy atom. The highest BCUT2D eigenvalue weighted by Gasteiger charge is 2.15. The molecular formula is C13H9BrClFN2O. The third-order valence-electron chi connectivity index (χ3n) is 2.50. The number of hydrogen-bond acceptors (Lipinski definition) is 2. The van der Waals surface area contributed by atoms with Crippen molar-refractivity contribution in [3.8, 4) is 0 Å². The molecule has 0 aliphatic heterocycles. The fourth-order valence-corrected chi connectivity index (χ4v) is 2.09. The molecule has 2 rings (SSSR count). The van der Waals surface area contributed by atoms with Crippen LogP contribution < -0.4 is 5.32 Å². The van der Waals surface area contributed by atoms with Crippen molar-refractivity contribution in [1.29, 1.82) is 0 Å². The van der Waals surface area contributed by atoms with E-state index < -0.39 is 11.7 Å². The molecule has 0 radical (unpaired) electrons. The van der Waals surface area contributed by atoms with Crippen LogP contribution in [0.3, 0.4) is 0 Å². The predicted octanol–water partition coefficient (Wildman–Crippen LogP) is 4.20. The molecule has 1 N–H and O–H groups in total. The van der Waals surface area contributed by atoms with E-state index in [4.69, 9.17) is 11.6 Å². The van der Waals surface area contributed by atoms with Gasteiger partial charge in [0.1, 0.15) is 11.0 Å². The summed E-state index contributed by atoms with van der Waals surface area (Å²) in [7, 11) is 0. The van der Waals surface area contributed by atoms with E-state index in [0.29, 0.717) is 16.5 Å². The monoisotopic (exact) mass is 342 g/mol. The lowest BCUT2D eigenvalue weighted by Gasteiger charge is -2.09. The molecule has 1 amide bonds. The van der Waals surface area contributed by atoms with Gasteiger partial charge < -0.3 is 5.32 Å². The highest BCUT2D eigenvalue weighted by molar-refractivity contribution is 9.10. The number of halogens is 3. The molecule has 0 unspecified atom stereocenters. The minimum absolute atomic E-state index is 0.0382. The second-order valence-electron chi connectivity index (χ2n) is 3.82. The molecular weight excluding hydrogens is 335 g/mol. The van der Waals surface area contributed by atoms with Crippen LogP contribution in [0, 0.1) is 12.7 Å². The normalized spacial score (nSPS) is 10.3. The van der Waals surface area contributed by atoms with Crippen LogP contribution in [0.5, 0.6) is 0 Å². The molecule has 98 valence electrons. The highest BCUT2D eigenvalue weighted by atomic mass is 79.9. The minimum atomic E-state index is -0.598. The van der Waals surface area contributed by atoms with E-state index in [9.17, 15) is 9.18 Å². The predicted molar refractivity (Wildman–Crippen MR) is 76.0 cm³/mol. The van der Waals surface area contributed by atoms with Crippen molar-refractivity contribution in [2.75, 3.05) is 5.32 Å². The number of carbonyl (C=O) groups is 1. The van der Waals surface area contributed by atoms with Crippen LogP contribution in [0.2, 0.25) is 5.15 Å². The molecule has 0 atom stereocenters. The largest absolute Gasteiger partial charge is 0.320 e. The smallest absolute Gasteiger partial charge is 0.258 e. The number of aromatic nitrogens is 1. The van der Waals surface area contributed by atoms with Crippen molar-refractivity contribution in [3.63, 3.8) is 0 Å². The zero-order valence-corrected chi connectivity index (χ0v) is 12.2. The maximum Gasteiger partial charge on any atom is 0.258 e. The van der Waals surface area contributed by atoms with Crippen molar-refractivity contribution in [2.24, 2.45) is 0 Å². The van der Waals surface area contributed by atoms with Gasteiger partial charge in [0.2, 0.25) is 0 Å². The van der Waals surface area contributed by atoms with E-state index >= 15 is 0 Å². The molecule has 0 aliphatic carbocycles. The first-order valence-corrected chi connectivity index (χ1v) is 6.54. The standard InChI is InChI=1S/C13H9BrClFN2O/c1-7-10(5-6-11(15)17-7)18-13(19)8-3-2-4-9(14)12(8)16/h2-6H,1H3,(H,18,19). The Morgan fingerprint density at radius 1 is 1.37 bits per heavy atom. The first-order chi connectivity index (χ1) is 8.99. The van der Waals surface area contributed by atoms with Crippen molar-refractivity contribution >= 4 is 39.1 Å². The van der Waals surface area contributed by atoms with Gasteiger partial charge in [-0.05, 0) is 47.1 Å². The number of benzene rings is 1. The van der Waals surface area contributed by atoms with Gasteiger partial charge in [-0.1, -0.05) is 17.7 Å². The molecule has 0 saturated heterocycles. The number of nitrogens with zero attached hydrogens (tertiary/aromatic N) is 1. The number of rotatable bonds is 2. The molecule has 0 saturated carbocycles. The van der Waals surface area contributed by atoms with Crippen LogP contribution in [0.1, 0.15) is 16.1 Å². The van der Waals surface area contributed by atoms with Gasteiger partial charge in [-0.3, -0.25) is 4.79 Å². The molecule has 0 spiro atoms. The Labute approximate surface area is 122 Å². The van der Waals surface area contributed by atoms with Crippen LogP contribution in [0.25, 0.3) is 0 Å². The molecule has 1 heterocycles. The summed E-state index contributed by atoms with van der Waals surface area (Å²) >= 11 is 8.77. The van der Waals surface area contributed by atoms with Gasteiger partial charge in [-0.2, -0.15) is 0 Å². The first kappa shape index (κ1) is 14.0. The summed E-state index contributed by atoms with van der Waals surface area (Å²) in [6.07, 6.45) is 0. The lowest BCUT2D eigenvalue weighted by Crippen LogP contribution is -2.15. The van der Waals surface area contributed by atoms with Gasteiger partial charge in [-0.25, -0.2) is 9.37 Å². The second kappa shape index (κ2) is 5.67. The lowest BCUT2D eigenvalue weighted by atomic mass is 10.2. The van der Waals surface area contributed by atoms with E-state index in [1.54, 1.807) is 25.1 Å². The summed E-state index contributed by atoms with van der Waals surface area (Å²) in [5.41, 5.74) is 1.02. The van der Waals surface area contributed by atoms with E-state index in [1.807, 2.05) is 0 Å². The van der Waals surface area contributed by atoms with E-state index in [-0.39, 0.29) is 10.0 Å². The van der Waals surface area contributed by atoms with Crippen LogP contribution >= 0.6 is 27.5 Å². The fraction of sp³-hybridized carbons (Fsp3) is 0.0769. The molecule has 19 heavy (non-hydrogen) atoms. The summed E-state index contributed by atoms with van der Waals surface area (Å²) in [5, 5.41) is 2.94. The Morgan fingerprint density at radius 2 is 2.11 bits per heavy atom. The number of anilines is 1. The van der Waals surface area contributed by atoms with Gasteiger partial charge in [0, 0.05) is 0 Å². The van der Waals surface area contributed by atoms with Crippen LogP contribution in [0.4, 0.5) is 10.1 Å². The number of pyridine rings is 1. The van der Waals surface area contributed by atoms with E-state index in [1.165, 1.54) is 12.1 Å². The molecule has 1 aromatic heterocycles. The van der Waals surface area contributed by atoms with Crippen molar-refractivity contribution in [3.05, 3.63) is 57.0 Å². The first-order valence-electron chi connectivity index (χ1n) is 5.37. The van der Waals surface area contributed by atoms with E-state index in [2.05, 4.69) is 26.2 Å². The average molecular weight is 344 g/mol. The number of aryl methyl sites for hydroxylation is 1. The maximum absolute atomic E-state index is 13.8. The minimum Gasteiger partial charge on any atom is -0.320 e. The summed E-state index contributed by atoms with van der Waals surface area (Å²) in [6.45, 7) is 1.71. The molecule has 0 aliphatic rings. The van der Waals surface area contributed by atoms with Crippen molar-refractivity contribution in [1.82, 2.24) is 4.98 Å². The van der Waals surface area contributed by atoms with E-state index in [0.717, 1.165) is 0 Å². The lowest BCUT2D eigenvalue weighted by molar-refractivity contribution is 0.102. The van der Waals surface area contributed by atoms with Crippen molar-refractivity contribution in [2.45, 2.75) is 6.92 Å². The van der Waals surface area contributed by atoms with Gasteiger partial charge in [0.15, 0.2) is 0 Å². The Balaban J connectivity index is 2.28. The van der Waals surface area contributed by atoms with Gasteiger partial charge in [0.25, 0.3) is 5.91 Å². The number of carbonyl (C=O) groups excluding carboxylic acids is 1. The third-order valence-corrected chi connectivity index (χ3v) is 3.32. The summed E-state index contributed by atoms with van der Waals surface area (Å²) in [6, 6.07) is 7.71.